The van der Waals surface area contributed by atoms with Gasteiger partial charge in [-0.25, -0.2) is 8.42 Å². The van der Waals surface area contributed by atoms with E-state index in [2.05, 4.69) is 15.0 Å². The summed E-state index contributed by atoms with van der Waals surface area (Å²) in [6, 6.07) is 12.9. The Morgan fingerprint density at radius 3 is 2.38 bits per heavy atom. The second-order valence-corrected chi connectivity index (χ2v) is 9.56. The molecule has 0 amide bonds. The van der Waals surface area contributed by atoms with E-state index in [1.165, 1.54) is 30.0 Å². The van der Waals surface area contributed by atoms with Crippen LogP contribution in [0.25, 0.3) is 16.9 Å². The minimum atomic E-state index is -3.99. The molecule has 0 aliphatic carbocycles. The van der Waals surface area contributed by atoms with Crippen LogP contribution in [0.1, 0.15) is 22.6 Å². The third-order valence-electron chi connectivity index (χ3n) is 5.52. The largest absolute Gasteiger partial charge is 0.495 e. The molecule has 0 fully saturated rings. The van der Waals surface area contributed by atoms with E-state index in [-0.39, 0.29) is 16.2 Å². The molecule has 0 atom stereocenters. The first kappa shape index (κ1) is 23.2. The van der Waals surface area contributed by atoms with Crippen LogP contribution in [-0.4, -0.2) is 30.5 Å². The first-order valence-electron chi connectivity index (χ1n) is 10.4. The Labute approximate surface area is 197 Å². The van der Waals surface area contributed by atoms with Gasteiger partial charge in [0.05, 0.1) is 12.8 Å². The molecular formula is C24H24N4O5S. The van der Waals surface area contributed by atoms with Gasteiger partial charge >= 0.3 is 0 Å². The minimum absolute atomic E-state index is 0.0531. The smallest absolute Gasteiger partial charge is 0.271 e. The van der Waals surface area contributed by atoms with Gasteiger partial charge in [0, 0.05) is 17.3 Å². The quantitative estimate of drug-likeness (QED) is 0.444. The molecule has 0 unspecified atom stereocenters. The van der Waals surface area contributed by atoms with Gasteiger partial charge in [-0.3, -0.25) is 9.52 Å². The first-order valence-corrected chi connectivity index (χ1v) is 11.9. The number of ether oxygens (including phenoxy) is 1. The van der Waals surface area contributed by atoms with Crippen LogP contribution in [-0.2, 0) is 10.0 Å². The van der Waals surface area contributed by atoms with Gasteiger partial charge in [-0.05, 0) is 75.2 Å². The zero-order valence-electron chi connectivity index (χ0n) is 19.4. The van der Waals surface area contributed by atoms with Gasteiger partial charge in [-0.1, -0.05) is 11.2 Å². The van der Waals surface area contributed by atoms with Crippen LogP contribution in [0, 0.1) is 27.7 Å². The summed E-state index contributed by atoms with van der Waals surface area (Å²) in [6.07, 6.45) is 0. The van der Waals surface area contributed by atoms with Gasteiger partial charge < -0.3 is 9.26 Å². The number of anilines is 1. The topological polar surface area (TPSA) is 116 Å². The lowest BCUT2D eigenvalue weighted by Gasteiger charge is -2.14. The molecule has 0 spiro atoms. The third-order valence-corrected chi connectivity index (χ3v) is 6.92. The fraction of sp³-hybridized carbons (Fsp3) is 0.208. The van der Waals surface area contributed by atoms with E-state index < -0.39 is 10.0 Å². The molecule has 0 radical (unpaired) electrons. The molecule has 34 heavy (non-hydrogen) atoms. The highest BCUT2D eigenvalue weighted by Gasteiger charge is 2.22. The van der Waals surface area contributed by atoms with Gasteiger partial charge in [0.15, 0.2) is 5.76 Å². The molecule has 4 rings (SSSR count). The molecule has 4 aromatic rings. The van der Waals surface area contributed by atoms with E-state index in [4.69, 9.17) is 9.26 Å². The fourth-order valence-electron chi connectivity index (χ4n) is 3.57. The Morgan fingerprint density at radius 2 is 1.74 bits per heavy atom. The summed E-state index contributed by atoms with van der Waals surface area (Å²) in [6.45, 7) is 7.26. The number of aromatic nitrogens is 3. The molecule has 0 saturated heterocycles. The normalized spacial score (nSPS) is 11.4. The van der Waals surface area contributed by atoms with Crippen LogP contribution in [0.5, 0.6) is 5.75 Å². The van der Waals surface area contributed by atoms with Crippen molar-refractivity contribution in [2.45, 2.75) is 32.6 Å². The summed E-state index contributed by atoms with van der Waals surface area (Å²) in [5, 5.41) is 8.32. The van der Waals surface area contributed by atoms with Crippen molar-refractivity contribution in [2.24, 2.45) is 0 Å². The summed E-state index contributed by atoms with van der Waals surface area (Å²) < 4.78 is 40.8. The Balaban J connectivity index is 1.80. The average Bonchev–Trinajstić information content (AvgIpc) is 3.14. The van der Waals surface area contributed by atoms with E-state index in [0.29, 0.717) is 34.1 Å². The SMILES string of the molecule is COc1ccc(-c2ccc(=O)n(-c3c(C)noc3C)n2)cc1S(=O)(=O)Nc1ccc(C)c(C)c1. The van der Waals surface area contributed by atoms with Gasteiger partial charge in [0.2, 0.25) is 0 Å². The predicted octanol–water partition coefficient (Wildman–Crippen LogP) is 3.93. The Kier molecular flexibility index (Phi) is 6.01. The lowest BCUT2D eigenvalue weighted by Crippen LogP contribution is -2.21. The fourth-order valence-corrected chi connectivity index (χ4v) is 4.81. The number of nitrogens with one attached hydrogen (secondary N) is 1. The summed E-state index contributed by atoms with van der Waals surface area (Å²) in [7, 11) is -2.58. The van der Waals surface area contributed by atoms with Crippen molar-refractivity contribution in [2.75, 3.05) is 11.8 Å². The minimum Gasteiger partial charge on any atom is -0.495 e. The second kappa shape index (κ2) is 8.79. The van der Waals surface area contributed by atoms with Gasteiger partial charge in [0.1, 0.15) is 22.0 Å². The number of rotatable bonds is 6. The molecule has 1 N–H and O–H groups in total. The molecule has 2 heterocycles. The molecular weight excluding hydrogens is 456 g/mol. The Hall–Kier alpha value is -3.92. The van der Waals surface area contributed by atoms with Crippen molar-refractivity contribution in [1.82, 2.24) is 14.9 Å². The van der Waals surface area contributed by atoms with Crippen LogP contribution in [0.2, 0.25) is 0 Å². The van der Waals surface area contributed by atoms with E-state index in [0.717, 1.165) is 11.1 Å². The van der Waals surface area contributed by atoms with Gasteiger partial charge in [-0.2, -0.15) is 9.78 Å². The molecule has 0 bridgehead atoms. The zero-order chi connectivity index (χ0) is 24.6. The zero-order valence-corrected chi connectivity index (χ0v) is 20.2. The molecule has 2 aromatic carbocycles. The average molecular weight is 481 g/mol. The lowest BCUT2D eigenvalue weighted by atomic mass is 10.1. The first-order chi connectivity index (χ1) is 16.1. The monoisotopic (exact) mass is 480 g/mol. The number of hydrogen-bond donors (Lipinski definition) is 1. The number of nitrogens with zero attached hydrogens (tertiary/aromatic N) is 3. The van der Waals surface area contributed by atoms with Crippen LogP contribution < -0.4 is 15.0 Å². The van der Waals surface area contributed by atoms with Gasteiger partial charge in [-0.15, -0.1) is 0 Å². The molecule has 2 aromatic heterocycles. The van der Waals surface area contributed by atoms with E-state index in [1.807, 2.05) is 19.9 Å². The van der Waals surface area contributed by atoms with Crippen LogP contribution >= 0.6 is 0 Å². The van der Waals surface area contributed by atoms with Crippen molar-refractivity contribution in [1.29, 1.82) is 0 Å². The standard InChI is InChI=1S/C24H24N4O5S/c1-14-6-8-19(12-15(14)2)27-34(30,31)22-13-18(7-10-21(22)32-5)20-9-11-23(29)28(25-20)24-16(3)26-33-17(24)4/h6-13,27H,1-5H3. The summed E-state index contributed by atoms with van der Waals surface area (Å²) in [5.41, 5.74) is 3.95. The number of aryl methyl sites for hydroxylation is 4. The highest BCUT2D eigenvalue weighted by atomic mass is 32.2. The molecule has 0 saturated carbocycles. The van der Waals surface area contributed by atoms with Crippen molar-refractivity contribution in [3.8, 4) is 22.7 Å². The number of sulfonamides is 1. The molecule has 0 aliphatic rings. The maximum Gasteiger partial charge on any atom is 0.271 e. The van der Waals surface area contributed by atoms with Crippen molar-refractivity contribution >= 4 is 15.7 Å². The summed E-state index contributed by atoms with van der Waals surface area (Å²) in [5.74, 6) is 0.624. The maximum atomic E-state index is 13.3. The van der Waals surface area contributed by atoms with E-state index >= 15 is 0 Å². The van der Waals surface area contributed by atoms with Crippen molar-refractivity contribution in [3.63, 3.8) is 0 Å². The van der Waals surface area contributed by atoms with Gasteiger partial charge in [0.25, 0.3) is 15.6 Å². The Bertz CT molecular complexity index is 1530. The van der Waals surface area contributed by atoms with Crippen LogP contribution in [0.4, 0.5) is 5.69 Å². The van der Waals surface area contributed by atoms with E-state index in [1.54, 1.807) is 38.1 Å². The molecule has 176 valence electrons. The second-order valence-electron chi connectivity index (χ2n) is 7.91. The predicted molar refractivity (Wildman–Crippen MR) is 128 cm³/mol. The highest BCUT2D eigenvalue weighted by Crippen LogP contribution is 2.31. The molecule has 10 heteroatoms. The highest BCUT2D eigenvalue weighted by molar-refractivity contribution is 7.92. The Morgan fingerprint density at radius 1 is 0.971 bits per heavy atom. The van der Waals surface area contributed by atoms with Crippen molar-refractivity contribution in [3.05, 3.63) is 81.5 Å². The molecule has 9 nitrogen and oxygen atoms in total. The summed E-state index contributed by atoms with van der Waals surface area (Å²) >= 11 is 0. The van der Waals surface area contributed by atoms with Crippen LogP contribution in [0.3, 0.4) is 0 Å². The number of hydrogen-bond acceptors (Lipinski definition) is 7. The lowest BCUT2D eigenvalue weighted by molar-refractivity contribution is 0.392. The summed E-state index contributed by atoms with van der Waals surface area (Å²) in [4.78, 5) is 12.4. The third kappa shape index (κ3) is 4.32. The maximum absolute atomic E-state index is 13.3. The van der Waals surface area contributed by atoms with Crippen molar-refractivity contribution < 1.29 is 17.7 Å². The van der Waals surface area contributed by atoms with Crippen LogP contribution in [0.15, 0.2) is 62.7 Å². The van der Waals surface area contributed by atoms with E-state index in [9.17, 15) is 13.2 Å². The number of methoxy groups -OCH3 is 1. The number of benzene rings is 2. The molecule has 0 aliphatic heterocycles.